The summed E-state index contributed by atoms with van der Waals surface area (Å²) in [5.41, 5.74) is 1.56. The van der Waals surface area contributed by atoms with Crippen molar-refractivity contribution in [3.8, 4) is 0 Å². The van der Waals surface area contributed by atoms with Crippen LogP contribution in [0.3, 0.4) is 0 Å². The first-order chi connectivity index (χ1) is 11.8. The molecule has 2 aliphatic heterocycles. The third kappa shape index (κ3) is 3.88. The van der Waals surface area contributed by atoms with Crippen LogP contribution in [0.15, 0.2) is 24.3 Å². The number of nitrogens with zero attached hydrogens (tertiary/aromatic N) is 1. The van der Waals surface area contributed by atoms with Crippen molar-refractivity contribution in [3.63, 3.8) is 0 Å². The number of carbonyl (C=O) groups is 2. The van der Waals surface area contributed by atoms with Crippen LogP contribution in [0.5, 0.6) is 0 Å². The lowest BCUT2D eigenvalue weighted by atomic mass is 9.84. The standard InChI is InChI=1S/C21H29NO3/c1-5-14-6-8-15(9-7-14)19(23)16-12-17-10-11-18(13-16)22(17)20(24)25-21(2,3)4/h6-9,16-18H,5,10-13H2,1-4H3. The number of hydrogen-bond donors (Lipinski definition) is 0. The molecule has 2 unspecified atom stereocenters. The van der Waals surface area contributed by atoms with Gasteiger partial charge in [0.05, 0.1) is 0 Å². The number of carbonyl (C=O) groups excluding carboxylic acids is 2. The summed E-state index contributed by atoms with van der Waals surface area (Å²) < 4.78 is 5.57. The van der Waals surface area contributed by atoms with Crippen molar-refractivity contribution >= 4 is 11.9 Å². The van der Waals surface area contributed by atoms with Gasteiger partial charge in [0.25, 0.3) is 0 Å². The number of aryl methyl sites for hydroxylation is 1. The van der Waals surface area contributed by atoms with Crippen LogP contribution in [0.2, 0.25) is 0 Å². The third-order valence-corrected chi connectivity index (χ3v) is 5.35. The van der Waals surface area contributed by atoms with Gasteiger partial charge in [0.1, 0.15) is 5.60 Å². The Morgan fingerprint density at radius 1 is 1.08 bits per heavy atom. The van der Waals surface area contributed by atoms with E-state index in [4.69, 9.17) is 4.74 Å². The van der Waals surface area contributed by atoms with Crippen LogP contribution in [0, 0.1) is 5.92 Å². The monoisotopic (exact) mass is 343 g/mol. The maximum absolute atomic E-state index is 12.9. The van der Waals surface area contributed by atoms with Crippen LogP contribution in [0.25, 0.3) is 0 Å². The Labute approximate surface area is 150 Å². The molecule has 0 aliphatic carbocycles. The molecule has 0 saturated carbocycles. The van der Waals surface area contributed by atoms with Crippen molar-refractivity contribution in [2.45, 2.75) is 77.5 Å². The van der Waals surface area contributed by atoms with Gasteiger partial charge in [-0.1, -0.05) is 31.2 Å². The van der Waals surface area contributed by atoms with Gasteiger partial charge in [0, 0.05) is 23.6 Å². The van der Waals surface area contributed by atoms with E-state index in [0.717, 1.165) is 37.7 Å². The number of ether oxygens (including phenoxy) is 1. The molecule has 4 nitrogen and oxygen atoms in total. The second-order valence-corrected chi connectivity index (χ2v) is 8.36. The van der Waals surface area contributed by atoms with E-state index in [1.54, 1.807) is 0 Å². The van der Waals surface area contributed by atoms with Crippen molar-refractivity contribution in [2.75, 3.05) is 0 Å². The molecule has 2 atom stereocenters. The predicted molar refractivity (Wildman–Crippen MR) is 97.8 cm³/mol. The van der Waals surface area contributed by atoms with Gasteiger partial charge in [-0.3, -0.25) is 4.79 Å². The van der Waals surface area contributed by atoms with E-state index in [1.165, 1.54) is 5.56 Å². The zero-order valence-corrected chi connectivity index (χ0v) is 15.7. The first-order valence-electron chi connectivity index (χ1n) is 9.43. The Bertz CT molecular complexity index is 630. The van der Waals surface area contributed by atoms with Crippen LogP contribution >= 0.6 is 0 Å². The topological polar surface area (TPSA) is 46.6 Å². The normalized spacial score (nSPS) is 25.8. The molecule has 2 fully saturated rings. The molecule has 0 spiro atoms. The van der Waals surface area contributed by atoms with E-state index in [9.17, 15) is 9.59 Å². The lowest BCUT2D eigenvalue weighted by Crippen LogP contribution is -2.49. The van der Waals surface area contributed by atoms with E-state index in [-0.39, 0.29) is 29.9 Å². The smallest absolute Gasteiger partial charge is 0.410 e. The molecule has 2 bridgehead atoms. The van der Waals surface area contributed by atoms with Gasteiger partial charge >= 0.3 is 6.09 Å². The van der Waals surface area contributed by atoms with E-state index in [0.29, 0.717) is 0 Å². The Morgan fingerprint density at radius 2 is 1.64 bits per heavy atom. The fourth-order valence-electron chi connectivity index (χ4n) is 4.14. The number of piperidine rings is 1. The van der Waals surface area contributed by atoms with Gasteiger partial charge in [0.15, 0.2) is 5.78 Å². The Hall–Kier alpha value is -1.84. The molecule has 2 saturated heterocycles. The number of fused-ring (bicyclic) bond motifs is 2. The molecule has 1 amide bonds. The fourth-order valence-corrected chi connectivity index (χ4v) is 4.14. The molecule has 1 aromatic carbocycles. The summed E-state index contributed by atoms with van der Waals surface area (Å²) in [5, 5.41) is 0. The minimum Gasteiger partial charge on any atom is -0.444 e. The summed E-state index contributed by atoms with van der Waals surface area (Å²) in [6.07, 6.45) is 4.21. The summed E-state index contributed by atoms with van der Waals surface area (Å²) in [7, 11) is 0. The number of rotatable bonds is 3. The largest absolute Gasteiger partial charge is 0.444 e. The van der Waals surface area contributed by atoms with Crippen LogP contribution < -0.4 is 0 Å². The highest BCUT2D eigenvalue weighted by molar-refractivity contribution is 5.98. The first kappa shape index (κ1) is 18.0. The van der Waals surface area contributed by atoms with Gasteiger partial charge < -0.3 is 9.64 Å². The molecular formula is C21H29NO3. The van der Waals surface area contributed by atoms with Crippen molar-refractivity contribution in [1.82, 2.24) is 4.90 Å². The van der Waals surface area contributed by atoms with Gasteiger partial charge in [-0.05, 0) is 58.4 Å². The average molecular weight is 343 g/mol. The molecule has 25 heavy (non-hydrogen) atoms. The molecule has 0 radical (unpaired) electrons. The summed E-state index contributed by atoms with van der Waals surface area (Å²) in [5.74, 6) is 0.243. The number of amides is 1. The quantitative estimate of drug-likeness (QED) is 0.753. The van der Waals surface area contributed by atoms with Crippen LogP contribution in [-0.4, -0.2) is 34.5 Å². The predicted octanol–water partition coefficient (Wildman–Crippen LogP) is 4.61. The second-order valence-electron chi connectivity index (χ2n) is 8.36. The van der Waals surface area contributed by atoms with E-state index >= 15 is 0 Å². The summed E-state index contributed by atoms with van der Waals surface area (Å²) in [4.78, 5) is 27.3. The van der Waals surface area contributed by atoms with Crippen LogP contribution in [-0.2, 0) is 11.2 Å². The lowest BCUT2D eigenvalue weighted by molar-refractivity contribution is 0.00254. The maximum atomic E-state index is 12.9. The number of hydrogen-bond acceptors (Lipinski definition) is 3. The highest BCUT2D eigenvalue weighted by Gasteiger charge is 2.46. The Morgan fingerprint density at radius 3 is 2.12 bits per heavy atom. The van der Waals surface area contributed by atoms with Crippen molar-refractivity contribution in [2.24, 2.45) is 5.92 Å². The highest BCUT2D eigenvalue weighted by Crippen LogP contribution is 2.40. The summed E-state index contributed by atoms with van der Waals surface area (Å²) in [6, 6.07) is 8.25. The van der Waals surface area contributed by atoms with Gasteiger partial charge in [-0.25, -0.2) is 4.79 Å². The fraction of sp³-hybridized carbons (Fsp3) is 0.619. The maximum Gasteiger partial charge on any atom is 0.410 e. The number of Topliss-reactive ketones (excluding diaryl/α,β-unsaturated/α-hetero) is 1. The molecule has 2 heterocycles. The molecule has 1 aromatic rings. The minimum absolute atomic E-state index is 0.0173. The van der Waals surface area contributed by atoms with E-state index < -0.39 is 5.60 Å². The lowest BCUT2D eigenvalue weighted by Gasteiger charge is -2.39. The molecule has 4 heteroatoms. The van der Waals surface area contributed by atoms with E-state index in [1.807, 2.05) is 49.9 Å². The SMILES string of the molecule is CCc1ccc(C(=O)C2CC3CCC(C2)N3C(=O)OC(C)(C)C)cc1. The Balaban J connectivity index is 1.68. The number of ketones is 1. The zero-order valence-electron chi connectivity index (χ0n) is 15.7. The summed E-state index contributed by atoms with van der Waals surface area (Å²) >= 11 is 0. The molecule has 3 rings (SSSR count). The third-order valence-electron chi connectivity index (χ3n) is 5.35. The van der Waals surface area contributed by atoms with Gasteiger partial charge in [-0.2, -0.15) is 0 Å². The highest BCUT2D eigenvalue weighted by atomic mass is 16.6. The summed E-state index contributed by atoms with van der Waals surface area (Å²) in [6.45, 7) is 7.79. The second kappa shape index (κ2) is 6.81. The van der Waals surface area contributed by atoms with Gasteiger partial charge in [0.2, 0.25) is 0 Å². The van der Waals surface area contributed by atoms with E-state index in [2.05, 4.69) is 6.92 Å². The molecule has 0 N–H and O–H groups in total. The minimum atomic E-state index is -0.482. The zero-order chi connectivity index (χ0) is 18.2. The molecule has 136 valence electrons. The van der Waals surface area contributed by atoms with Crippen molar-refractivity contribution < 1.29 is 14.3 Å². The molecular weight excluding hydrogens is 314 g/mol. The van der Waals surface area contributed by atoms with Crippen molar-refractivity contribution in [1.29, 1.82) is 0 Å². The van der Waals surface area contributed by atoms with Crippen LogP contribution in [0.1, 0.15) is 69.3 Å². The first-order valence-corrected chi connectivity index (χ1v) is 9.43. The van der Waals surface area contributed by atoms with Gasteiger partial charge in [-0.15, -0.1) is 0 Å². The molecule has 0 aromatic heterocycles. The average Bonchev–Trinajstić information content (AvgIpc) is 2.83. The molecule has 2 aliphatic rings. The Kier molecular flexibility index (Phi) is 4.90. The van der Waals surface area contributed by atoms with Crippen molar-refractivity contribution in [3.05, 3.63) is 35.4 Å². The number of benzene rings is 1. The van der Waals surface area contributed by atoms with Crippen LogP contribution in [0.4, 0.5) is 4.79 Å².